The summed E-state index contributed by atoms with van der Waals surface area (Å²) in [5.41, 5.74) is 0. The van der Waals surface area contributed by atoms with E-state index in [0.29, 0.717) is 19.0 Å². The third-order valence-corrected chi connectivity index (χ3v) is 3.60. The van der Waals surface area contributed by atoms with Gasteiger partial charge in [-0.3, -0.25) is 4.79 Å². The van der Waals surface area contributed by atoms with Crippen molar-refractivity contribution in [3.63, 3.8) is 0 Å². The number of hydrogen-bond acceptors (Lipinski definition) is 3. The fraction of sp³-hybridized carbons (Fsp3) is 0.923. The summed E-state index contributed by atoms with van der Waals surface area (Å²) in [7, 11) is 0. The monoisotopic (exact) mass is 241 g/mol. The van der Waals surface area contributed by atoms with Gasteiger partial charge in [-0.05, 0) is 38.5 Å². The molecule has 0 spiro atoms. The molecule has 4 heteroatoms. The van der Waals surface area contributed by atoms with Gasteiger partial charge >= 0.3 is 0 Å². The second kappa shape index (κ2) is 6.36. The quantitative estimate of drug-likeness (QED) is 0.763. The van der Waals surface area contributed by atoms with E-state index in [1.165, 1.54) is 6.42 Å². The molecule has 0 aromatic heterocycles. The number of hydrogen-bond donors (Lipinski definition) is 1. The van der Waals surface area contributed by atoms with Crippen molar-refractivity contribution in [1.82, 2.24) is 4.90 Å². The summed E-state index contributed by atoms with van der Waals surface area (Å²) < 4.78 is 5.62. The van der Waals surface area contributed by atoms with Crippen LogP contribution in [0.3, 0.4) is 0 Å². The van der Waals surface area contributed by atoms with Crippen LogP contribution in [0.5, 0.6) is 0 Å². The van der Waals surface area contributed by atoms with E-state index in [-0.39, 0.29) is 18.6 Å². The van der Waals surface area contributed by atoms with Crippen LogP contribution in [-0.4, -0.2) is 47.8 Å². The number of nitrogens with zero attached hydrogens (tertiary/aromatic N) is 1. The number of carbonyl (C=O) groups excluding carboxylic acids is 1. The molecule has 1 unspecified atom stereocenters. The van der Waals surface area contributed by atoms with Crippen LogP contribution in [0.1, 0.15) is 44.9 Å². The van der Waals surface area contributed by atoms with Crippen LogP contribution in [-0.2, 0) is 9.53 Å². The van der Waals surface area contributed by atoms with Crippen molar-refractivity contribution in [2.75, 3.05) is 19.8 Å². The van der Waals surface area contributed by atoms with Crippen LogP contribution in [0.2, 0.25) is 0 Å². The predicted octanol–water partition coefficient (Wildman–Crippen LogP) is 1.32. The minimum Gasteiger partial charge on any atom is -0.395 e. The second-order valence-electron chi connectivity index (χ2n) is 5.07. The van der Waals surface area contributed by atoms with Crippen molar-refractivity contribution in [2.24, 2.45) is 0 Å². The molecule has 2 rings (SSSR count). The topological polar surface area (TPSA) is 49.8 Å². The Morgan fingerprint density at radius 3 is 2.71 bits per heavy atom. The number of carbonyl (C=O) groups is 1. The molecule has 0 aromatic carbocycles. The van der Waals surface area contributed by atoms with Gasteiger partial charge in [0.1, 0.15) is 0 Å². The molecule has 0 bridgehead atoms. The lowest BCUT2D eigenvalue weighted by Crippen LogP contribution is -2.36. The van der Waals surface area contributed by atoms with Gasteiger partial charge in [-0.2, -0.15) is 0 Å². The van der Waals surface area contributed by atoms with Crippen LogP contribution in [0.4, 0.5) is 0 Å². The zero-order valence-electron chi connectivity index (χ0n) is 10.4. The molecule has 2 fully saturated rings. The minimum absolute atomic E-state index is 0.0716. The SMILES string of the molecule is O=C(CCC1CCCCO1)N(CCO)C1CC1. The molecule has 1 heterocycles. The molecule has 0 radical (unpaired) electrons. The van der Waals surface area contributed by atoms with E-state index in [1.807, 2.05) is 4.90 Å². The van der Waals surface area contributed by atoms with E-state index in [1.54, 1.807) is 0 Å². The number of rotatable bonds is 6. The van der Waals surface area contributed by atoms with Crippen molar-refractivity contribution in [1.29, 1.82) is 0 Å². The number of amides is 1. The highest BCUT2D eigenvalue weighted by Gasteiger charge is 2.32. The highest BCUT2D eigenvalue weighted by molar-refractivity contribution is 5.76. The van der Waals surface area contributed by atoms with Crippen molar-refractivity contribution >= 4 is 5.91 Å². The van der Waals surface area contributed by atoms with Gasteiger partial charge < -0.3 is 14.7 Å². The molecule has 0 aromatic rings. The Labute approximate surface area is 103 Å². The fourth-order valence-electron chi connectivity index (χ4n) is 2.47. The van der Waals surface area contributed by atoms with Crippen LogP contribution < -0.4 is 0 Å². The number of ether oxygens (including phenoxy) is 1. The van der Waals surface area contributed by atoms with Gasteiger partial charge in [0, 0.05) is 25.6 Å². The van der Waals surface area contributed by atoms with Crippen molar-refractivity contribution in [3.8, 4) is 0 Å². The Morgan fingerprint density at radius 2 is 2.12 bits per heavy atom. The fourth-order valence-corrected chi connectivity index (χ4v) is 2.47. The Balaban J connectivity index is 1.70. The van der Waals surface area contributed by atoms with Crippen LogP contribution in [0.15, 0.2) is 0 Å². The Kier molecular flexibility index (Phi) is 4.80. The Bertz CT molecular complexity index is 247. The molecule has 1 saturated heterocycles. The first-order chi connectivity index (χ1) is 8.31. The summed E-state index contributed by atoms with van der Waals surface area (Å²) in [5, 5.41) is 8.96. The lowest BCUT2D eigenvalue weighted by atomic mass is 10.0. The predicted molar refractivity (Wildman–Crippen MR) is 64.6 cm³/mol. The summed E-state index contributed by atoms with van der Waals surface area (Å²) in [6.07, 6.45) is 7.37. The molecule has 1 aliphatic carbocycles. The summed E-state index contributed by atoms with van der Waals surface area (Å²) in [5.74, 6) is 0.190. The first kappa shape index (κ1) is 12.8. The van der Waals surface area contributed by atoms with Gasteiger partial charge in [0.05, 0.1) is 12.7 Å². The van der Waals surface area contributed by atoms with E-state index < -0.39 is 0 Å². The zero-order chi connectivity index (χ0) is 12.1. The molecule has 1 atom stereocenters. The molecular weight excluding hydrogens is 218 g/mol. The highest BCUT2D eigenvalue weighted by atomic mass is 16.5. The lowest BCUT2D eigenvalue weighted by Gasteiger charge is -2.25. The van der Waals surface area contributed by atoms with Gasteiger partial charge in [-0.15, -0.1) is 0 Å². The zero-order valence-corrected chi connectivity index (χ0v) is 10.4. The first-order valence-corrected chi connectivity index (χ1v) is 6.83. The third-order valence-electron chi connectivity index (χ3n) is 3.60. The molecular formula is C13H23NO3. The summed E-state index contributed by atoms with van der Waals surface area (Å²) in [6.45, 7) is 1.42. The smallest absolute Gasteiger partial charge is 0.222 e. The van der Waals surface area contributed by atoms with Gasteiger partial charge in [0.2, 0.25) is 5.91 Å². The molecule has 1 aliphatic heterocycles. The van der Waals surface area contributed by atoms with E-state index in [0.717, 1.165) is 38.7 Å². The highest BCUT2D eigenvalue weighted by Crippen LogP contribution is 2.27. The van der Waals surface area contributed by atoms with Crippen LogP contribution in [0, 0.1) is 0 Å². The van der Waals surface area contributed by atoms with E-state index >= 15 is 0 Å². The molecule has 1 N–H and O–H groups in total. The van der Waals surface area contributed by atoms with Crippen molar-refractivity contribution < 1.29 is 14.6 Å². The summed E-state index contributed by atoms with van der Waals surface area (Å²) in [6, 6.07) is 0.405. The van der Waals surface area contributed by atoms with E-state index in [4.69, 9.17) is 9.84 Å². The van der Waals surface area contributed by atoms with Gasteiger partial charge in [0.25, 0.3) is 0 Å². The number of aliphatic hydroxyl groups excluding tert-OH is 1. The molecule has 17 heavy (non-hydrogen) atoms. The molecule has 98 valence electrons. The van der Waals surface area contributed by atoms with E-state index in [9.17, 15) is 4.79 Å². The maximum atomic E-state index is 12.0. The molecule has 4 nitrogen and oxygen atoms in total. The van der Waals surface area contributed by atoms with Gasteiger partial charge in [-0.25, -0.2) is 0 Å². The normalized spacial score (nSPS) is 24.6. The van der Waals surface area contributed by atoms with Gasteiger partial charge in [-0.1, -0.05) is 0 Å². The largest absolute Gasteiger partial charge is 0.395 e. The summed E-state index contributed by atoms with van der Waals surface area (Å²) >= 11 is 0. The first-order valence-electron chi connectivity index (χ1n) is 6.83. The molecule has 1 saturated carbocycles. The molecule has 1 amide bonds. The van der Waals surface area contributed by atoms with E-state index in [2.05, 4.69) is 0 Å². The van der Waals surface area contributed by atoms with Crippen molar-refractivity contribution in [3.05, 3.63) is 0 Å². The second-order valence-corrected chi connectivity index (χ2v) is 5.07. The summed E-state index contributed by atoms with van der Waals surface area (Å²) in [4.78, 5) is 13.9. The maximum Gasteiger partial charge on any atom is 0.222 e. The Morgan fingerprint density at radius 1 is 1.29 bits per heavy atom. The number of aliphatic hydroxyl groups is 1. The minimum atomic E-state index is 0.0716. The Hall–Kier alpha value is -0.610. The van der Waals surface area contributed by atoms with Crippen LogP contribution >= 0.6 is 0 Å². The molecule has 2 aliphatic rings. The maximum absolute atomic E-state index is 12.0. The van der Waals surface area contributed by atoms with Gasteiger partial charge in [0.15, 0.2) is 0 Å². The van der Waals surface area contributed by atoms with Crippen molar-refractivity contribution in [2.45, 2.75) is 57.1 Å². The standard InChI is InChI=1S/C13H23NO3/c15-9-8-14(11-4-5-11)13(16)7-6-12-3-1-2-10-17-12/h11-12,15H,1-10H2. The average molecular weight is 241 g/mol. The third kappa shape index (κ3) is 3.96. The van der Waals surface area contributed by atoms with Crippen LogP contribution in [0.25, 0.3) is 0 Å². The average Bonchev–Trinajstić information content (AvgIpc) is 3.18. The lowest BCUT2D eigenvalue weighted by molar-refractivity contribution is -0.133.